The van der Waals surface area contributed by atoms with Crippen molar-refractivity contribution >= 4 is 80.0 Å². The van der Waals surface area contributed by atoms with Gasteiger partial charge in [0.15, 0.2) is 0 Å². The highest BCUT2D eigenvalue weighted by molar-refractivity contribution is 7.99. The van der Waals surface area contributed by atoms with Crippen LogP contribution in [0.25, 0.3) is 39.2 Å². The number of imidazole rings is 1. The van der Waals surface area contributed by atoms with Gasteiger partial charge in [0.05, 0.1) is 28.1 Å². The topological polar surface area (TPSA) is 24.3 Å². The van der Waals surface area contributed by atoms with Gasteiger partial charge in [0, 0.05) is 38.1 Å². The molecule has 6 heteroatoms. The van der Waals surface area contributed by atoms with E-state index in [4.69, 9.17) is 4.98 Å². The van der Waals surface area contributed by atoms with Crippen molar-refractivity contribution in [2.45, 2.75) is 154 Å². The van der Waals surface area contributed by atoms with Crippen molar-refractivity contribution in [1.29, 1.82) is 0 Å². The van der Waals surface area contributed by atoms with Crippen molar-refractivity contribution < 1.29 is 0 Å². The molecule has 0 amide bonds. The highest BCUT2D eigenvalue weighted by atomic mass is 32.2. The first-order chi connectivity index (χ1) is 36.4. The number of hydrogen-bond donors (Lipinski definition) is 0. The van der Waals surface area contributed by atoms with Gasteiger partial charge in [-0.05, 0) is 155 Å². The van der Waals surface area contributed by atoms with Crippen molar-refractivity contribution in [2.75, 3.05) is 9.80 Å². The number of hydrogen-bond acceptors (Lipinski definition) is 4. The molecule has 4 heterocycles. The molecule has 0 saturated heterocycles. The van der Waals surface area contributed by atoms with Crippen LogP contribution in [0, 0.1) is 0 Å². The van der Waals surface area contributed by atoms with Gasteiger partial charge in [0.25, 0.3) is 6.71 Å². The SMILES string of the molecule is CC(C)c1cccc(C(C)C)c1-n1c(-c2ccccc2)nc2ccc(-c3cc4c5c(c3)N3c6ccc(C(C)(C)C)cc6Sc6cc(C(C)(C)C)cc(c63)B5c3cc(C(C)(C)C)ccc3N4c3ccc(C(C)(C)C)cc3)cc21. The Hall–Kier alpha value is -6.76. The number of fused-ring (bicyclic) bond motifs is 7. The fourth-order valence-corrected chi connectivity index (χ4v) is 13.5. The van der Waals surface area contributed by atoms with Gasteiger partial charge in [-0.15, -0.1) is 0 Å². The normalized spacial score (nSPS) is 14.1. The Morgan fingerprint density at radius 3 is 1.60 bits per heavy atom. The van der Waals surface area contributed by atoms with E-state index in [0.717, 1.165) is 33.7 Å². The summed E-state index contributed by atoms with van der Waals surface area (Å²) in [5.41, 5.74) is 26.1. The van der Waals surface area contributed by atoms with Crippen LogP contribution in [-0.2, 0) is 21.7 Å². The van der Waals surface area contributed by atoms with Crippen LogP contribution in [0.3, 0.4) is 0 Å². The molecule has 9 aromatic rings. The standard InChI is InChI=1S/C71H75BN4S/c1-42(2)52-23-20-24-53(43(3)4)65(52)76-59-35-45(25-32-56(59)73-67(76)44-21-18-17-19-22-44)46-36-60-64-61(37-46)75-58-34-29-49(70(11,12)13)40-62(58)77-63-41-50(71(14,15)16)39-55(66(63)75)72(64)54-38-48(69(8,9)10)28-33-57(54)74(60)51-30-26-47(27-31-51)68(5,6)7/h17-43H,1-16H3. The average Bonchev–Trinajstić information content (AvgIpc) is 3.80. The van der Waals surface area contributed by atoms with E-state index in [2.05, 4.69) is 277 Å². The Balaban J connectivity index is 1.20. The largest absolute Gasteiger partial charge is 0.311 e. The van der Waals surface area contributed by atoms with E-state index in [1.165, 1.54) is 99.2 Å². The predicted octanol–water partition coefficient (Wildman–Crippen LogP) is 18.3. The monoisotopic (exact) mass is 1030 g/mol. The average molecular weight is 1030 g/mol. The minimum absolute atomic E-state index is 0.00493. The van der Waals surface area contributed by atoms with Crippen LogP contribution in [0.5, 0.6) is 0 Å². The first-order valence-corrected chi connectivity index (χ1v) is 28.9. The van der Waals surface area contributed by atoms with E-state index < -0.39 is 0 Å². The zero-order valence-corrected chi connectivity index (χ0v) is 49.2. The van der Waals surface area contributed by atoms with Crippen molar-refractivity contribution in [3.8, 4) is 28.2 Å². The third-order valence-corrected chi connectivity index (χ3v) is 17.8. The van der Waals surface area contributed by atoms with Gasteiger partial charge in [0.2, 0.25) is 0 Å². The maximum absolute atomic E-state index is 5.53. The molecule has 3 aliphatic rings. The number of rotatable bonds is 6. The first kappa shape index (κ1) is 51.0. The summed E-state index contributed by atoms with van der Waals surface area (Å²) in [4.78, 5) is 13.4. The minimum atomic E-state index is -0.0693. The molecule has 0 spiro atoms. The van der Waals surface area contributed by atoms with Gasteiger partial charge >= 0.3 is 0 Å². The number of para-hydroxylation sites is 1. The summed E-state index contributed by atoms with van der Waals surface area (Å²) in [5.74, 6) is 1.57. The van der Waals surface area contributed by atoms with E-state index in [0.29, 0.717) is 11.8 Å². The lowest BCUT2D eigenvalue weighted by Gasteiger charge is -2.47. The second-order valence-corrected chi connectivity index (χ2v) is 28.1. The van der Waals surface area contributed by atoms with E-state index in [9.17, 15) is 0 Å². The second kappa shape index (κ2) is 17.9. The Morgan fingerprint density at radius 1 is 0.429 bits per heavy atom. The number of benzene rings is 8. The summed E-state index contributed by atoms with van der Waals surface area (Å²) >= 11 is 1.96. The molecule has 4 nitrogen and oxygen atoms in total. The van der Waals surface area contributed by atoms with E-state index >= 15 is 0 Å². The summed E-state index contributed by atoms with van der Waals surface area (Å²) < 4.78 is 2.49. The van der Waals surface area contributed by atoms with Crippen LogP contribution >= 0.6 is 11.8 Å². The molecule has 0 bridgehead atoms. The fourth-order valence-electron chi connectivity index (χ4n) is 12.3. The fraction of sp³-hybridized carbons (Fsp3) is 0.310. The Labute approximate surface area is 464 Å². The zero-order chi connectivity index (χ0) is 54.4. The zero-order valence-electron chi connectivity index (χ0n) is 48.4. The van der Waals surface area contributed by atoms with Gasteiger partial charge in [-0.25, -0.2) is 4.98 Å². The minimum Gasteiger partial charge on any atom is -0.311 e. The summed E-state index contributed by atoms with van der Waals surface area (Å²) in [7, 11) is 0. The van der Waals surface area contributed by atoms with Crippen LogP contribution in [0.4, 0.5) is 34.1 Å². The van der Waals surface area contributed by atoms with Gasteiger partial charge < -0.3 is 9.80 Å². The van der Waals surface area contributed by atoms with Crippen LogP contribution in [-0.4, -0.2) is 16.3 Å². The third kappa shape index (κ3) is 8.47. The van der Waals surface area contributed by atoms with E-state index in [1.54, 1.807) is 0 Å². The smallest absolute Gasteiger partial charge is 0.252 e. The van der Waals surface area contributed by atoms with Crippen LogP contribution in [0.2, 0.25) is 0 Å². The summed E-state index contributed by atoms with van der Waals surface area (Å²) in [5, 5.41) is 0. The van der Waals surface area contributed by atoms with Gasteiger partial charge in [0.1, 0.15) is 5.82 Å². The molecule has 0 atom stereocenters. The second-order valence-electron chi connectivity index (χ2n) is 27.0. The molecule has 0 N–H and O–H groups in total. The third-order valence-electron chi connectivity index (χ3n) is 16.7. The maximum atomic E-state index is 5.53. The molecule has 0 radical (unpaired) electrons. The Bertz CT molecular complexity index is 3810. The van der Waals surface area contributed by atoms with Crippen LogP contribution in [0.15, 0.2) is 161 Å². The number of aromatic nitrogens is 2. The molecule has 0 saturated carbocycles. The van der Waals surface area contributed by atoms with Crippen molar-refractivity contribution in [1.82, 2.24) is 9.55 Å². The van der Waals surface area contributed by atoms with Crippen molar-refractivity contribution in [3.63, 3.8) is 0 Å². The first-order valence-electron chi connectivity index (χ1n) is 28.1. The van der Waals surface area contributed by atoms with Gasteiger partial charge in [-0.2, -0.15) is 0 Å². The molecule has 0 aliphatic carbocycles. The lowest BCUT2D eigenvalue weighted by Crippen LogP contribution is -2.62. The molecule has 3 aliphatic heterocycles. The van der Waals surface area contributed by atoms with Gasteiger partial charge in [-0.1, -0.05) is 214 Å². The molecular formula is C71H75BN4S. The van der Waals surface area contributed by atoms with Crippen molar-refractivity contribution in [2.24, 2.45) is 0 Å². The molecular weight excluding hydrogens is 952 g/mol. The van der Waals surface area contributed by atoms with Crippen LogP contribution in [0.1, 0.15) is 156 Å². The Kier molecular flexibility index (Phi) is 11.9. The van der Waals surface area contributed by atoms with E-state index in [-0.39, 0.29) is 28.4 Å². The molecule has 0 fully saturated rings. The summed E-state index contributed by atoms with van der Waals surface area (Å²) in [6.45, 7) is 37.4. The highest BCUT2D eigenvalue weighted by Crippen LogP contribution is 2.56. The lowest BCUT2D eigenvalue weighted by atomic mass is 9.33. The summed E-state index contributed by atoms with van der Waals surface area (Å²) in [6, 6.07) is 58.9. The Morgan fingerprint density at radius 2 is 0.987 bits per heavy atom. The molecule has 77 heavy (non-hydrogen) atoms. The quantitative estimate of drug-likeness (QED) is 0.155. The lowest BCUT2D eigenvalue weighted by molar-refractivity contribution is 0.588. The molecule has 12 rings (SSSR count). The molecule has 388 valence electrons. The predicted molar refractivity (Wildman–Crippen MR) is 333 cm³/mol. The molecule has 8 aromatic carbocycles. The van der Waals surface area contributed by atoms with Crippen molar-refractivity contribution in [3.05, 3.63) is 185 Å². The van der Waals surface area contributed by atoms with E-state index in [1.807, 2.05) is 11.8 Å². The maximum Gasteiger partial charge on any atom is 0.252 e. The highest BCUT2D eigenvalue weighted by Gasteiger charge is 2.47. The molecule has 0 unspecified atom stereocenters. The number of anilines is 6. The molecule has 1 aromatic heterocycles. The van der Waals surface area contributed by atoms with Gasteiger partial charge in [-0.3, -0.25) is 4.57 Å². The number of nitrogens with zero attached hydrogens (tertiary/aromatic N) is 4. The summed E-state index contributed by atoms with van der Waals surface area (Å²) in [6.07, 6.45) is 0. The van der Waals surface area contributed by atoms with Crippen LogP contribution < -0.4 is 26.2 Å².